The second kappa shape index (κ2) is 7.57. The van der Waals surface area contributed by atoms with Gasteiger partial charge in [-0.25, -0.2) is 4.39 Å². The number of nitrogens with one attached hydrogen (secondary N) is 2. The summed E-state index contributed by atoms with van der Waals surface area (Å²) >= 11 is 0. The Balaban J connectivity index is 0.00000192. The van der Waals surface area contributed by atoms with Crippen LogP contribution in [0.3, 0.4) is 0 Å². The molecule has 2 heterocycles. The second-order valence-electron chi connectivity index (χ2n) is 5.49. The molecule has 5 nitrogen and oxygen atoms in total. The highest BCUT2D eigenvalue weighted by molar-refractivity contribution is 5.99. The number of piperidine rings is 1. The summed E-state index contributed by atoms with van der Waals surface area (Å²) in [5, 5.41) is 9.92. The third-order valence-electron chi connectivity index (χ3n) is 4.20. The van der Waals surface area contributed by atoms with E-state index in [1.54, 1.807) is 18.2 Å². The van der Waals surface area contributed by atoms with Crippen LogP contribution in [0, 0.1) is 5.82 Å². The van der Waals surface area contributed by atoms with Crippen LogP contribution in [-0.2, 0) is 0 Å². The smallest absolute Gasteiger partial charge is 0.257 e. The van der Waals surface area contributed by atoms with E-state index in [1.807, 2.05) is 11.9 Å². The van der Waals surface area contributed by atoms with Crippen molar-refractivity contribution in [3.8, 4) is 11.3 Å². The monoisotopic (exact) mass is 338 g/mol. The number of carbonyl (C=O) groups excluding carboxylic acids is 1. The molecule has 7 heteroatoms. The number of benzene rings is 1. The molecular weight excluding hydrogens is 319 g/mol. The Morgan fingerprint density at radius 1 is 1.35 bits per heavy atom. The number of hydrogen-bond donors (Lipinski definition) is 2. The van der Waals surface area contributed by atoms with Crippen molar-refractivity contribution in [1.29, 1.82) is 0 Å². The average Bonchev–Trinajstić information content (AvgIpc) is 3.04. The number of aromatic nitrogens is 2. The standard InChI is InChI=1S/C16H19FN4O.ClH/c1-18-11-6-8-21(9-7-11)16(22)13-10-19-20-15(13)12-4-2-3-5-14(12)17;/h2-5,10-11,18H,6-9H2,1H3,(H,19,20);1H. The van der Waals surface area contributed by atoms with E-state index in [2.05, 4.69) is 15.5 Å². The van der Waals surface area contributed by atoms with Crippen molar-refractivity contribution in [2.75, 3.05) is 20.1 Å². The van der Waals surface area contributed by atoms with E-state index in [1.165, 1.54) is 12.3 Å². The first-order valence-corrected chi connectivity index (χ1v) is 7.45. The highest BCUT2D eigenvalue weighted by atomic mass is 35.5. The van der Waals surface area contributed by atoms with E-state index in [0.29, 0.717) is 36.0 Å². The fraction of sp³-hybridized carbons (Fsp3) is 0.375. The van der Waals surface area contributed by atoms with Crippen molar-refractivity contribution >= 4 is 18.3 Å². The van der Waals surface area contributed by atoms with Gasteiger partial charge in [0.1, 0.15) is 5.82 Å². The predicted molar refractivity (Wildman–Crippen MR) is 89.2 cm³/mol. The minimum absolute atomic E-state index is 0. The molecule has 1 aliphatic rings. The van der Waals surface area contributed by atoms with Gasteiger partial charge in [-0.05, 0) is 32.0 Å². The minimum Gasteiger partial charge on any atom is -0.338 e. The zero-order valence-corrected chi connectivity index (χ0v) is 13.7. The van der Waals surface area contributed by atoms with Crippen molar-refractivity contribution in [2.45, 2.75) is 18.9 Å². The lowest BCUT2D eigenvalue weighted by atomic mass is 10.0. The molecule has 0 saturated carbocycles. The molecule has 2 N–H and O–H groups in total. The molecule has 1 aliphatic heterocycles. The third-order valence-corrected chi connectivity index (χ3v) is 4.20. The van der Waals surface area contributed by atoms with Crippen molar-refractivity contribution in [1.82, 2.24) is 20.4 Å². The van der Waals surface area contributed by atoms with Gasteiger partial charge in [0.25, 0.3) is 5.91 Å². The quantitative estimate of drug-likeness (QED) is 0.903. The van der Waals surface area contributed by atoms with Gasteiger partial charge in [0.2, 0.25) is 0 Å². The SMILES string of the molecule is CNC1CCN(C(=O)c2cn[nH]c2-c2ccccc2F)CC1.Cl. The molecule has 3 rings (SSSR count). The molecule has 1 amide bonds. The zero-order chi connectivity index (χ0) is 15.5. The van der Waals surface area contributed by atoms with Crippen LogP contribution in [0.15, 0.2) is 30.5 Å². The fourth-order valence-electron chi connectivity index (χ4n) is 2.86. The lowest BCUT2D eigenvalue weighted by Gasteiger charge is -2.31. The van der Waals surface area contributed by atoms with Crippen molar-refractivity contribution in [2.24, 2.45) is 0 Å². The Hall–Kier alpha value is -1.92. The Kier molecular flexibility index (Phi) is 5.74. The van der Waals surface area contributed by atoms with Crippen molar-refractivity contribution in [3.05, 3.63) is 41.8 Å². The largest absolute Gasteiger partial charge is 0.338 e. The molecule has 0 unspecified atom stereocenters. The van der Waals surface area contributed by atoms with E-state index < -0.39 is 0 Å². The summed E-state index contributed by atoms with van der Waals surface area (Å²) in [6.07, 6.45) is 3.33. The number of rotatable bonds is 3. The first kappa shape index (κ1) is 17.4. The van der Waals surface area contributed by atoms with Crippen LogP contribution in [0.2, 0.25) is 0 Å². The van der Waals surface area contributed by atoms with E-state index in [-0.39, 0.29) is 24.1 Å². The lowest BCUT2D eigenvalue weighted by Crippen LogP contribution is -2.44. The van der Waals surface area contributed by atoms with Crippen molar-refractivity contribution < 1.29 is 9.18 Å². The molecule has 0 radical (unpaired) electrons. The fourth-order valence-corrected chi connectivity index (χ4v) is 2.86. The Morgan fingerprint density at radius 3 is 2.70 bits per heavy atom. The number of carbonyl (C=O) groups is 1. The number of H-pyrrole nitrogens is 1. The van der Waals surface area contributed by atoms with Gasteiger partial charge >= 0.3 is 0 Å². The number of likely N-dealkylation sites (tertiary alicyclic amines) is 1. The molecule has 124 valence electrons. The topological polar surface area (TPSA) is 61.0 Å². The van der Waals surface area contributed by atoms with Crippen LogP contribution in [0.25, 0.3) is 11.3 Å². The molecule has 1 aromatic heterocycles. The molecule has 1 aromatic carbocycles. The second-order valence-corrected chi connectivity index (χ2v) is 5.49. The maximum Gasteiger partial charge on any atom is 0.257 e. The lowest BCUT2D eigenvalue weighted by molar-refractivity contribution is 0.0708. The van der Waals surface area contributed by atoms with E-state index in [0.717, 1.165) is 12.8 Å². The summed E-state index contributed by atoms with van der Waals surface area (Å²) in [6, 6.07) is 6.85. The molecule has 0 aliphatic carbocycles. The maximum absolute atomic E-state index is 14.0. The molecule has 1 saturated heterocycles. The summed E-state index contributed by atoms with van der Waals surface area (Å²) < 4.78 is 14.0. The van der Waals surface area contributed by atoms with Crippen LogP contribution in [-0.4, -0.2) is 47.2 Å². The van der Waals surface area contributed by atoms with Gasteiger partial charge in [0.15, 0.2) is 0 Å². The number of halogens is 2. The van der Waals surface area contributed by atoms with Gasteiger partial charge in [0, 0.05) is 24.7 Å². The molecule has 0 atom stereocenters. The zero-order valence-electron chi connectivity index (χ0n) is 12.9. The first-order valence-electron chi connectivity index (χ1n) is 7.45. The third kappa shape index (κ3) is 3.54. The Morgan fingerprint density at radius 2 is 2.04 bits per heavy atom. The van der Waals surface area contributed by atoms with Gasteiger partial charge in [0.05, 0.1) is 17.5 Å². The van der Waals surface area contributed by atoms with Crippen molar-refractivity contribution in [3.63, 3.8) is 0 Å². The molecule has 0 spiro atoms. The normalized spacial score (nSPS) is 15.3. The summed E-state index contributed by atoms with van der Waals surface area (Å²) in [7, 11) is 1.94. The molecule has 1 fully saturated rings. The highest BCUT2D eigenvalue weighted by Gasteiger charge is 2.26. The summed E-state index contributed by atoms with van der Waals surface area (Å²) in [5.41, 5.74) is 1.24. The van der Waals surface area contributed by atoms with Crippen LogP contribution in [0.1, 0.15) is 23.2 Å². The Bertz CT molecular complexity index is 668. The summed E-state index contributed by atoms with van der Waals surface area (Å²) in [4.78, 5) is 14.5. The van der Waals surface area contributed by atoms with Crippen LogP contribution < -0.4 is 5.32 Å². The van der Waals surface area contributed by atoms with Gasteiger partial charge in [-0.2, -0.15) is 5.10 Å². The van der Waals surface area contributed by atoms with Crippen LogP contribution in [0.4, 0.5) is 4.39 Å². The first-order chi connectivity index (χ1) is 10.7. The Labute approximate surface area is 140 Å². The van der Waals surface area contributed by atoms with E-state index in [4.69, 9.17) is 0 Å². The highest BCUT2D eigenvalue weighted by Crippen LogP contribution is 2.25. The van der Waals surface area contributed by atoms with E-state index >= 15 is 0 Å². The van der Waals surface area contributed by atoms with Crippen LogP contribution in [0.5, 0.6) is 0 Å². The number of nitrogens with zero attached hydrogens (tertiary/aromatic N) is 2. The van der Waals surface area contributed by atoms with Gasteiger partial charge in [-0.3, -0.25) is 9.89 Å². The molecule has 23 heavy (non-hydrogen) atoms. The number of aromatic amines is 1. The number of amides is 1. The summed E-state index contributed by atoms with van der Waals surface area (Å²) in [5.74, 6) is -0.462. The van der Waals surface area contributed by atoms with Crippen LogP contribution >= 0.6 is 12.4 Å². The summed E-state index contributed by atoms with van der Waals surface area (Å²) in [6.45, 7) is 1.40. The predicted octanol–water partition coefficient (Wildman–Crippen LogP) is 2.46. The average molecular weight is 339 g/mol. The van der Waals surface area contributed by atoms with Gasteiger partial charge < -0.3 is 10.2 Å². The van der Waals surface area contributed by atoms with E-state index in [9.17, 15) is 9.18 Å². The molecular formula is C16H20ClFN4O. The number of hydrogen-bond acceptors (Lipinski definition) is 3. The minimum atomic E-state index is -0.366. The maximum atomic E-state index is 14.0. The molecule has 0 bridgehead atoms. The van der Waals surface area contributed by atoms with Gasteiger partial charge in [-0.15, -0.1) is 12.4 Å². The molecule has 2 aromatic rings. The van der Waals surface area contributed by atoms with Gasteiger partial charge in [-0.1, -0.05) is 12.1 Å².